The van der Waals surface area contributed by atoms with Gasteiger partial charge in [-0.1, -0.05) is 35.9 Å². The first-order chi connectivity index (χ1) is 15.8. The second kappa shape index (κ2) is 9.13. The van der Waals surface area contributed by atoms with E-state index in [1.54, 1.807) is 19.2 Å². The molecule has 0 fully saturated rings. The summed E-state index contributed by atoms with van der Waals surface area (Å²) in [5, 5.41) is 25.8. The third kappa shape index (κ3) is 4.56. The maximum absolute atomic E-state index is 12.3. The van der Waals surface area contributed by atoms with Crippen LogP contribution in [0.3, 0.4) is 0 Å². The van der Waals surface area contributed by atoms with Gasteiger partial charge in [-0.2, -0.15) is 5.10 Å². The Morgan fingerprint density at radius 2 is 2.00 bits per heavy atom. The third-order valence-electron chi connectivity index (χ3n) is 5.38. The van der Waals surface area contributed by atoms with Crippen LogP contribution in [0.5, 0.6) is 5.75 Å². The van der Waals surface area contributed by atoms with Gasteiger partial charge in [-0.05, 0) is 42.8 Å². The number of hydrazone groups is 1. The number of halogens is 1. The molecular formula is C24H19ClN4O4. The molecule has 4 rings (SSSR count). The van der Waals surface area contributed by atoms with Crippen LogP contribution < -0.4 is 5.43 Å². The minimum atomic E-state index is -0.459. The maximum atomic E-state index is 12.3. The molecule has 0 bridgehead atoms. The summed E-state index contributed by atoms with van der Waals surface area (Å²) in [6, 6.07) is 16.9. The monoisotopic (exact) mass is 462 g/mol. The smallest absolute Gasteiger partial charge is 0.272 e. The molecule has 4 aromatic rings. The van der Waals surface area contributed by atoms with E-state index in [1.165, 1.54) is 24.3 Å². The first-order valence-corrected chi connectivity index (χ1v) is 10.4. The minimum Gasteiger partial charge on any atom is -0.506 e. The number of nitro benzene ring substituents is 1. The van der Waals surface area contributed by atoms with Gasteiger partial charge in [-0.3, -0.25) is 14.9 Å². The van der Waals surface area contributed by atoms with Gasteiger partial charge in [0.1, 0.15) is 5.75 Å². The molecule has 33 heavy (non-hydrogen) atoms. The molecule has 0 atom stereocenters. The Morgan fingerprint density at radius 1 is 1.21 bits per heavy atom. The Kier molecular flexibility index (Phi) is 6.10. The first-order valence-electron chi connectivity index (χ1n) is 9.98. The highest BCUT2D eigenvalue weighted by Gasteiger charge is 2.14. The summed E-state index contributed by atoms with van der Waals surface area (Å²) >= 11 is 5.84. The van der Waals surface area contributed by atoms with E-state index in [1.807, 2.05) is 41.1 Å². The van der Waals surface area contributed by atoms with Crippen LogP contribution in [0, 0.1) is 17.0 Å². The number of nitrogens with zero attached hydrogens (tertiary/aromatic N) is 3. The zero-order valence-corrected chi connectivity index (χ0v) is 18.3. The Balaban J connectivity index is 1.55. The number of hydrogen-bond acceptors (Lipinski definition) is 5. The van der Waals surface area contributed by atoms with Gasteiger partial charge >= 0.3 is 0 Å². The molecule has 0 saturated carbocycles. The summed E-state index contributed by atoms with van der Waals surface area (Å²) in [4.78, 5) is 23.1. The molecule has 0 aliphatic carbocycles. The number of nitrogens with one attached hydrogen (secondary N) is 1. The van der Waals surface area contributed by atoms with Crippen molar-refractivity contribution in [3.05, 3.63) is 104 Å². The number of aromatic nitrogens is 1. The lowest BCUT2D eigenvalue weighted by atomic mass is 10.1. The summed E-state index contributed by atoms with van der Waals surface area (Å²) in [6.07, 6.45) is 3.46. The van der Waals surface area contributed by atoms with E-state index in [0.717, 1.165) is 22.0 Å². The van der Waals surface area contributed by atoms with Gasteiger partial charge in [-0.25, -0.2) is 5.43 Å². The quantitative estimate of drug-likeness (QED) is 0.238. The van der Waals surface area contributed by atoms with Crippen LogP contribution in [-0.4, -0.2) is 26.7 Å². The number of rotatable bonds is 6. The number of amides is 1. The van der Waals surface area contributed by atoms with Crippen molar-refractivity contribution >= 4 is 40.3 Å². The van der Waals surface area contributed by atoms with Gasteiger partial charge < -0.3 is 9.67 Å². The van der Waals surface area contributed by atoms with Gasteiger partial charge in [0.25, 0.3) is 11.6 Å². The average molecular weight is 463 g/mol. The SMILES string of the molecule is Cc1c(Cn2ccc3c(/C=N/NC(=O)c4ccc(O)c(Cl)c4)cccc32)cccc1[N+](=O)[O-]. The van der Waals surface area contributed by atoms with Crippen LogP contribution in [0.2, 0.25) is 5.02 Å². The lowest BCUT2D eigenvalue weighted by molar-refractivity contribution is -0.385. The van der Waals surface area contributed by atoms with Crippen molar-refractivity contribution in [3.63, 3.8) is 0 Å². The number of carbonyl (C=O) groups is 1. The number of fused-ring (bicyclic) bond motifs is 1. The molecule has 1 heterocycles. The standard InChI is InChI=1S/C24H19ClN4O4/c1-15-18(5-3-6-21(15)29(32)33)14-28-11-10-19-17(4-2-7-22(19)28)13-26-27-24(31)16-8-9-23(30)20(25)12-16/h2-13,30H,14H2,1H3,(H,27,31)/b26-13+. The van der Waals surface area contributed by atoms with Gasteiger partial charge in [0.05, 0.1) is 16.2 Å². The highest BCUT2D eigenvalue weighted by molar-refractivity contribution is 6.32. The number of carbonyl (C=O) groups excluding carboxylic acids is 1. The zero-order valence-electron chi connectivity index (χ0n) is 17.5. The van der Waals surface area contributed by atoms with Crippen molar-refractivity contribution in [2.24, 2.45) is 5.10 Å². The molecule has 0 saturated heterocycles. The van der Waals surface area contributed by atoms with Crippen LogP contribution >= 0.6 is 11.6 Å². The van der Waals surface area contributed by atoms with E-state index in [0.29, 0.717) is 12.1 Å². The number of hydrogen-bond donors (Lipinski definition) is 2. The molecule has 3 aromatic carbocycles. The number of phenolic OH excluding ortho intramolecular Hbond substituents is 1. The number of benzene rings is 3. The number of aromatic hydroxyl groups is 1. The van der Waals surface area contributed by atoms with Crippen molar-refractivity contribution in [1.29, 1.82) is 0 Å². The van der Waals surface area contributed by atoms with E-state index in [9.17, 15) is 20.0 Å². The van der Waals surface area contributed by atoms with Gasteiger partial charge in [-0.15, -0.1) is 0 Å². The molecule has 0 radical (unpaired) electrons. The highest BCUT2D eigenvalue weighted by atomic mass is 35.5. The fourth-order valence-electron chi connectivity index (χ4n) is 3.59. The third-order valence-corrected chi connectivity index (χ3v) is 5.68. The Hall–Kier alpha value is -4.17. The average Bonchev–Trinajstić information content (AvgIpc) is 3.20. The molecule has 1 aromatic heterocycles. The Bertz CT molecular complexity index is 1410. The molecule has 0 aliphatic rings. The normalized spacial score (nSPS) is 11.2. The van der Waals surface area contributed by atoms with Crippen LogP contribution in [0.4, 0.5) is 5.69 Å². The van der Waals surface area contributed by atoms with Crippen LogP contribution in [0.25, 0.3) is 10.9 Å². The van der Waals surface area contributed by atoms with E-state index in [4.69, 9.17) is 11.6 Å². The van der Waals surface area contributed by atoms with Crippen molar-refractivity contribution in [2.75, 3.05) is 0 Å². The molecule has 9 heteroatoms. The molecule has 2 N–H and O–H groups in total. The number of phenols is 1. The molecule has 166 valence electrons. The molecule has 0 unspecified atom stereocenters. The lowest BCUT2D eigenvalue weighted by Gasteiger charge is -2.09. The lowest BCUT2D eigenvalue weighted by Crippen LogP contribution is -2.17. The molecular weight excluding hydrogens is 444 g/mol. The van der Waals surface area contributed by atoms with E-state index in [-0.39, 0.29) is 26.9 Å². The van der Waals surface area contributed by atoms with E-state index >= 15 is 0 Å². The van der Waals surface area contributed by atoms with Gasteiger partial charge in [0.15, 0.2) is 0 Å². The predicted octanol–water partition coefficient (Wildman–Crippen LogP) is 5.03. The van der Waals surface area contributed by atoms with Crippen LogP contribution in [0.15, 0.2) is 72.0 Å². The van der Waals surface area contributed by atoms with Crippen molar-refractivity contribution in [3.8, 4) is 5.75 Å². The molecule has 8 nitrogen and oxygen atoms in total. The number of nitro groups is 1. The topological polar surface area (TPSA) is 110 Å². The highest BCUT2D eigenvalue weighted by Crippen LogP contribution is 2.25. The fraction of sp³-hybridized carbons (Fsp3) is 0.0833. The van der Waals surface area contributed by atoms with Gasteiger partial charge in [0, 0.05) is 46.4 Å². The minimum absolute atomic E-state index is 0.0803. The summed E-state index contributed by atoms with van der Waals surface area (Å²) in [6.45, 7) is 2.23. The maximum Gasteiger partial charge on any atom is 0.272 e. The van der Waals surface area contributed by atoms with E-state index in [2.05, 4.69) is 10.5 Å². The summed E-state index contributed by atoms with van der Waals surface area (Å²) in [7, 11) is 0. The van der Waals surface area contributed by atoms with Crippen molar-refractivity contribution < 1.29 is 14.8 Å². The van der Waals surface area contributed by atoms with Crippen molar-refractivity contribution in [1.82, 2.24) is 9.99 Å². The predicted molar refractivity (Wildman–Crippen MR) is 127 cm³/mol. The largest absolute Gasteiger partial charge is 0.506 e. The van der Waals surface area contributed by atoms with Gasteiger partial charge in [0.2, 0.25) is 0 Å². The molecule has 1 amide bonds. The summed E-state index contributed by atoms with van der Waals surface area (Å²) in [5.74, 6) is -0.563. The van der Waals surface area contributed by atoms with Crippen LogP contribution in [-0.2, 0) is 6.54 Å². The first kappa shape index (κ1) is 22.0. The Labute approximate surface area is 193 Å². The van der Waals surface area contributed by atoms with Crippen LogP contribution in [0.1, 0.15) is 27.0 Å². The second-order valence-electron chi connectivity index (χ2n) is 7.41. The zero-order chi connectivity index (χ0) is 23.5. The molecule has 0 spiro atoms. The summed E-state index contributed by atoms with van der Waals surface area (Å²) < 4.78 is 2.01. The second-order valence-corrected chi connectivity index (χ2v) is 7.81. The van der Waals surface area contributed by atoms with Crippen molar-refractivity contribution in [2.45, 2.75) is 13.5 Å². The Morgan fingerprint density at radius 3 is 2.76 bits per heavy atom. The molecule has 0 aliphatic heterocycles. The van der Waals surface area contributed by atoms with E-state index < -0.39 is 5.91 Å². The fourth-order valence-corrected chi connectivity index (χ4v) is 3.77. The summed E-state index contributed by atoms with van der Waals surface area (Å²) in [5.41, 5.74) is 6.05.